The van der Waals surface area contributed by atoms with E-state index in [-0.39, 0.29) is 17.9 Å². The molecule has 0 aromatic heterocycles. The molecule has 0 aliphatic rings. The molecule has 3 aromatic rings. The Morgan fingerprint density at radius 2 is 1.50 bits per heavy atom. The largest absolute Gasteiger partial charge is 0.394 e. The van der Waals surface area contributed by atoms with Crippen molar-refractivity contribution in [1.29, 1.82) is 0 Å². The highest BCUT2D eigenvalue weighted by Crippen LogP contribution is 2.24. The van der Waals surface area contributed by atoms with Crippen LogP contribution in [-0.4, -0.2) is 29.6 Å². The van der Waals surface area contributed by atoms with Crippen molar-refractivity contribution in [3.8, 4) is 0 Å². The average Bonchev–Trinajstić information content (AvgIpc) is 2.83. The minimum Gasteiger partial charge on any atom is -0.394 e. The van der Waals surface area contributed by atoms with Gasteiger partial charge in [0.1, 0.15) is 11.5 Å². The van der Waals surface area contributed by atoms with E-state index in [1.54, 1.807) is 24.3 Å². The van der Waals surface area contributed by atoms with E-state index in [9.17, 15) is 19.1 Å². The molecule has 164 valence electrons. The van der Waals surface area contributed by atoms with Crippen LogP contribution in [0.5, 0.6) is 0 Å². The molecule has 0 fully saturated rings. The molecule has 7 heteroatoms. The van der Waals surface area contributed by atoms with Crippen molar-refractivity contribution >= 4 is 32.2 Å². The fraction of sp³-hybridized carbons (Fsp3) is 0.120. The summed E-state index contributed by atoms with van der Waals surface area (Å²) in [5.74, 6) is -2.07. The van der Waals surface area contributed by atoms with Gasteiger partial charge in [-0.05, 0) is 45.6 Å². The zero-order valence-electron chi connectivity index (χ0n) is 17.1. The van der Waals surface area contributed by atoms with Crippen LogP contribution in [0.3, 0.4) is 0 Å². The van der Waals surface area contributed by atoms with Gasteiger partial charge in [0, 0.05) is 0 Å². The van der Waals surface area contributed by atoms with Crippen molar-refractivity contribution in [2.75, 3.05) is 6.61 Å². The first kappa shape index (κ1) is 23.4. The van der Waals surface area contributed by atoms with E-state index in [2.05, 4.69) is 26.6 Å². The number of rotatable bonds is 8. The van der Waals surface area contributed by atoms with Gasteiger partial charge in [0.25, 0.3) is 11.8 Å². The zero-order valence-corrected chi connectivity index (χ0v) is 18.7. The number of carbonyl (C=O) groups is 2. The Morgan fingerprint density at radius 3 is 2.12 bits per heavy atom. The second-order valence-corrected chi connectivity index (χ2v) is 7.82. The molecule has 0 bridgehead atoms. The van der Waals surface area contributed by atoms with Gasteiger partial charge in [-0.25, -0.2) is 4.39 Å². The minimum atomic E-state index is -0.760. The number of halogens is 2. The fourth-order valence-corrected chi connectivity index (χ4v) is 3.63. The third-order valence-electron chi connectivity index (χ3n) is 4.71. The molecule has 0 heterocycles. The fourth-order valence-electron chi connectivity index (χ4n) is 3.08. The molecule has 5 nitrogen and oxygen atoms in total. The molecule has 0 saturated heterocycles. The van der Waals surface area contributed by atoms with Gasteiger partial charge in [-0.15, -0.1) is 0 Å². The molecule has 0 unspecified atom stereocenters. The Labute approximate surface area is 194 Å². The first-order valence-electron chi connectivity index (χ1n) is 9.96. The molecule has 1 atom stereocenters. The second kappa shape index (κ2) is 11.4. The second-order valence-electron chi connectivity index (χ2n) is 7.03. The van der Waals surface area contributed by atoms with E-state index in [0.29, 0.717) is 16.5 Å². The van der Waals surface area contributed by atoms with Gasteiger partial charge in [0.15, 0.2) is 0 Å². The van der Waals surface area contributed by atoms with Crippen molar-refractivity contribution in [3.05, 3.63) is 113 Å². The third-order valence-corrected chi connectivity index (χ3v) is 5.57. The van der Waals surface area contributed by atoms with Crippen molar-refractivity contribution < 1.29 is 19.1 Å². The summed E-state index contributed by atoms with van der Waals surface area (Å²) >= 11 is 3.40. The van der Waals surface area contributed by atoms with Crippen LogP contribution < -0.4 is 10.6 Å². The molecule has 3 aromatic carbocycles. The lowest BCUT2D eigenvalue weighted by molar-refractivity contribution is -0.118. The van der Waals surface area contributed by atoms with Gasteiger partial charge in [0.05, 0.1) is 22.7 Å². The quantitative estimate of drug-likeness (QED) is 0.411. The number of carbonyl (C=O) groups excluding carboxylic acids is 2. The highest BCUT2D eigenvalue weighted by Gasteiger charge is 2.23. The lowest BCUT2D eigenvalue weighted by atomic mass is 10.1. The third kappa shape index (κ3) is 6.12. The summed E-state index contributed by atoms with van der Waals surface area (Å²) in [5.41, 5.74) is 1.31. The first-order chi connectivity index (χ1) is 15.5. The number of hydrogen-bond donors (Lipinski definition) is 3. The Morgan fingerprint density at radius 1 is 0.906 bits per heavy atom. The van der Waals surface area contributed by atoms with Crippen LogP contribution in [0.25, 0.3) is 4.48 Å². The first-order valence-corrected chi connectivity index (χ1v) is 10.8. The Hall–Kier alpha value is -3.29. The highest BCUT2D eigenvalue weighted by atomic mass is 79.9. The lowest BCUT2D eigenvalue weighted by Crippen LogP contribution is -2.43. The molecule has 0 radical (unpaired) electrons. The summed E-state index contributed by atoms with van der Waals surface area (Å²) in [6, 6.07) is 23.3. The number of aliphatic hydroxyl groups is 1. The van der Waals surface area contributed by atoms with Crippen LogP contribution >= 0.6 is 15.9 Å². The predicted octanol–water partition coefficient (Wildman–Crippen LogP) is 4.04. The number of amides is 2. The van der Waals surface area contributed by atoms with E-state index < -0.39 is 23.7 Å². The van der Waals surface area contributed by atoms with Crippen molar-refractivity contribution in [2.24, 2.45) is 0 Å². The van der Waals surface area contributed by atoms with E-state index in [1.807, 2.05) is 36.4 Å². The molecule has 0 aliphatic carbocycles. The molecule has 2 amide bonds. The highest BCUT2D eigenvalue weighted by molar-refractivity contribution is 9.15. The molecule has 32 heavy (non-hydrogen) atoms. The maximum Gasteiger partial charge on any atom is 0.269 e. The van der Waals surface area contributed by atoms with Crippen LogP contribution in [0.1, 0.15) is 21.5 Å². The van der Waals surface area contributed by atoms with Crippen molar-refractivity contribution in [3.63, 3.8) is 0 Å². The number of benzene rings is 3. The van der Waals surface area contributed by atoms with Crippen molar-refractivity contribution in [2.45, 2.75) is 12.5 Å². The SMILES string of the molecule is O=C(N[C@H](CO)Cc1ccccc1)/C(NC(=O)c1ccccc1F)=C(/Br)c1ccccc1. The predicted molar refractivity (Wildman–Crippen MR) is 125 cm³/mol. The topological polar surface area (TPSA) is 78.4 Å². The van der Waals surface area contributed by atoms with E-state index >= 15 is 0 Å². The van der Waals surface area contributed by atoms with Crippen LogP contribution in [0.2, 0.25) is 0 Å². The van der Waals surface area contributed by atoms with Gasteiger partial charge in [-0.3, -0.25) is 9.59 Å². The minimum absolute atomic E-state index is 0.0871. The molecule has 0 aliphatic heterocycles. The number of aliphatic hydroxyl groups excluding tert-OH is 1. The number of nitrogens with one attached hydrogen (secondary N) is 2. The zero-order chi connectivity index (χ0) is 22.9. The molecular formula is C25H22BrFN2O3. The average molecular weight is 497 g/mol. The van der Waals surface area contributed by atoms with Crippen LogP contribution in [0.15, 0.2) is 90.6 Å². The van der Waals surface area contributed by atoms with Crippen LogP contribution in [0, 0.1) is 5.82 Å². The van der Waals surface area contributed by atoms with Crippen LogP contribution in [-0.2, 0) is 11.2 Å². The van der Waals surface area contributed by atoms with E-state index in [1.165, 1.54) is 24.3 Å². The summed E-state index contributed by atoms with van der Waals surface area (Å²) < 4.78 is 14.4. The van der Waals surface area contributed by atoms with Gasteiger partial charge < -0.3 is 15.7 Å². The van der Waals surface area contributed by atoms with Gasteiger partial charge in [-0.1, -0.05) is 72.8 Å². The monoisotopic (exact) mass is 496 g/mol. The van der Waals surface area contributed by atoms with Gasteiger partial charge >= 0.3 is 0 Å². The molecule has 0 spiro atoms. The molecule has 3 N–H and O–H groups in total. The Balaban J connectivity index is 1.88. The summed E-state index contributed by atoms with van der Waals surface area (Å²) in [5, 5.41) is 15.1. The van der Waals surface area contributed by atoms with Gasteiger partial charge in [0.2, 0.25) is 0 Å². The summed E-state index contributed by atoms with van der Waals surface area (Å²) in [6.45, 7) is -0.294. The normalized spacial score (nSPS) is 12.5. The van der Waals surface area contributed by atoms with Crippen LogP contribution in [0.4, 0.5) is 4.39 Å². The maximum atomic E-state index is 14.1. The summed E-state index contributed by atoms with van der Waals surface area (Å²) in [7, 11) is 0. The number of hydrogen-bond acceptors (Lipinski definition) is 3. The van der Waals surface area contributed by atoms with E-state index in [0.717, 1.165) is 5.56 Å². The smallest absolute Gasteiger partial charge is 0.269 e. The standard InChI is InChI=1S/C25H22BrFN2O3/c26-22(18-11-5-2-6-12-18)23(29-24(31)20-13-7-8-14-21(20)27)25(32)28-19(16-30)15-17-9-3-1-4-10-17/h1-14,19,30H,15-16H2,(H,28,32)(H,29,31)/b23-22-/t19-/m0/s1. The molecule has 0 saturated carbocycles. The molecular weight excluding hydrogens is 475 g/mol. The summed E-state index contributed by atoms with van der Waals surface area (Å²) in [6.07, 6.45) is 0.403. The van der Waals surface area contributed by atoms with E-state index in [4.69, 9.17) is 0 Å². The Bertz CT molecular complexity index is 1100. The maximum absolute atomic E-state index is 14.1. The van der Waals surface area contributed by atoms with Crippen molar-refractivity contribution in [1.82, 2.24) is 10.6 Å². The lowest BCUT2D eigenvalue weighted by Gasteiger charge is -2.19. The van der Waals surface area contributed by atoms with Gasteiger partial charge in [-0.2, -0.15) is 0 Å². The molecule has 3 rings (SSSR count). The summed E-state index contributed by atoms with van der Waals surface area (Å²) in [4.78, 5) is 25.9. The Kier molecular flexibility index (Phi) is 8.30.